The summed E-state index contributed by atoms with van der Waals surface area (Å²) in [4.78, 5) is 0. The number of nitrogens with one attached hydrogen (secondary N) is 1. The van der Waals surface area contributed by atoms with Gasteiger partial charge in [-0.3, -0.25) is 0 Å². The van der Waals surface area contributed by atoms with Crippen molar-refractivity contribution in [2.24, 2.45) is 0 Å². The molecule has 2 nitrogen and oxygen atoms in total. The highest BCUT2D eigenvalue weighted by atomic mass is 19.1. The monoisotopic (exact) mass is 209 g/mol. The molecule has 1 saturated heterocycles. The molecule has 1 fully saturated rings. The fourth-order valence-corrected chi connectivity index (χ4v) is 2.17. The van der Waals surface area contributed by atoms with Gasteiger partial charge in [-0.05, 0) is 37.0 Å². The lowest BCUT2D eigenvalue weighted by Gasteiger charge is -2.21. The van der Waals surface area contributed by atoms with E-state index in [2.05, 4.69) is 5.32 Å². The van der Waals surface area contributed by atoms with E-state index in [1.165, 1.54) is 6.07 Å². The predicted molar refractivity (Wildman–Crippen MR) is 57.3 cm³/mol. The Bertz CT molecular complexity index is 355. The van der Waals surface area contributed by atoms with Crippen LogP contribution >= 0.6 is 0 Å². The molecule has 0 aromatic heterocycles. The molecule has 15 heavy (non-hydrogen) atoms. The molecule has 0 radical (unpaired) electrons. The summed E-state index contributed by atoms with van der Waals surface area (Å²) in [6.45, 7) is 2.92. The summed E-state index contributed by atoms with van der Waals surface area (Å²) >= 11 is 0. The second-order valence-corrected chi connectivity index (χ2v) is 4.56. The van der Waals surface area contributed by atoms with Gasteiger partial charge in [0.2, 0.25) is 0 Å². The SMILES string of the molecule is CC1(CO)CC(c2cccc(F)c2)CN1. The fraction of sp³-hybridized carbons (Fsp3) is 0.500. The van der Waals surface area contributed by atoms with Crippen molar-refractivity contribution in [1.82, 2.24) is 5.32 Å². The molecule has 0 spiro atoms. The number of aliphatic hydroxyl groups excluding tert-OH is 1. The lowest BCUT2D eigenvalue weighted by molar-refractivity contribution is 0.191. The number of rotatable bonds is 2. The highest BCUT2D eigenvalue weighted by Gasteiger charge is 2.34. The highest BCUT2D eigenvalue weighted by Crippen LogP contribution is 2.31. The molecule has 82 valence electrons. The van der Waals surface area contributed by atoms with Gasteiger partial charge in [-0.1, -0.05) is 12.1 Å². The summed E-state index contributed by atoms with van der Waals surface area (Å²) in [5.41, 5.74) is 0.802. The molecule has 0 amide bonds. The zero-order valence-corrected chi connectivity index (χ0v) is 8.83. The first-order chi connectivity index (χ1) is 7.13. The standard InChI is InChI=1S/C12H16FNO/c1-12(8-15)6-10(7-14-12)9-3-2-4-11(13)5-9/h2-5,10,14-15H,6-8H2,1H3. The van der Waals surface area contributed by atoms with E-state index in [0.717, 1.165) is 18.5 Å². The van der Waals surface area contributed by atoms with Crippen LogP contribution in [-0.2, 0) is 0 Å². The van der Waals surface area contributed by atoms with Crippen LogP contribution in [0.15, 0.2) is 24.3 Å². The first kappa shape index (κ1) is 10.6. The average Bonchev–Trinajstić information content (AvgIpc) is 2.62. The van der Waals surface area contributed by atoms with E-state index in [4.69, 9.17) is 0 Å². The predicted octanol–water partition coefficient (Wildman–Crippen LogP) is 1.65. The smallest absolute Gasteiger partial charge is 0.123 e. The molecule has 2 N–H and O–H groups in total. The quantitative estimate of drug-likeness (QED) is 0.776. The summed E-state index contributed by atoms with van der Waals surface area (Å²) in [6, 6.07) is 6.71. The third-order valence-electron chi connectivity index (χ3n) is 3.14. The highest BCUT2D eigenvalue weighted by molar-refractivity contribution is 5.23. The minimum atomic E-state index is -0.211. The fourth-order valence-electron chi connectivity index (χ4n) is 2.17. The number of hydrogen-bond acceptors (Lipinski definition) is 2. The van der Waals surface area contributed by atoms with E-state index in [9.17, 15) is 9.50 Å². The molecule has 2 unspecified atom stereocenters. The summed E-state index contributed by atoms with van der Waals surface area (Å²) in [6.07, 6.45) is 0.854. The maximum Gasteiger partial charge on any atom is 0.123 e. The molecule has 0 aliphatic carbocycles. The second-order valence-electron chi connectivity index (χ2n) is 4.56. The summed E-state index contributed by atoms with van der Waals surface area (Å²) in [5.74, 6) is 0.114. The minimum absolute atomic E-state index is 0.124. The molecule has 1 aliphatic heterocycles. The van der Waals surface area contributed by atoms with E-state index >= 15 is 0 Å². The van der Waals surface area contributed by atoms with Gasteiger partial charge in [0.1, 0.15) is 5.82 Å². The van der Waals surface area contributed by atoms with Crippen LogP contribution in [0.1, 0.15) is 24.8 Å². The molecular weight excluding hydrogens is 193 g/mol. The molecule has 1 aromatic rings. The molecule has 0 saturated carbocycles. The third-order valence-corrected chi connectivity index (χ3v) is 3.14. The molecule has 1 aliphatic rings. The molecule has 1 heterocycles. The van der Waals surface area contributed by atoms with Crippen molar-refractivity contribution in [3.8, 4) is 0 Å². The second kappa shape index (κ2) is 3.91. The van der Waals surface area contributed by atoms with Crippen LogP contribution in [0.4, 0.5) is 4.39 Å². The van der Waals surface area contributed by atoms with Crippen LogP contribution in [0.3, 0.4) is 0 Å². The Morgan fingerprint density at radius 1 is 1.60 bits per heavy atom. The van der Waals surface area contributed by atoms with Crippen LogP contribution < -0.4 is 5.32 Å². The van der Waals surface area contributed by atoms with Gasteiger partial charge in [0.15, 0.2) is 0 Å². The molecular formula is C12H16FNO. The van der Waals surface area contributed by atoms with Crippen molar-refractivity contribution in [3.63, 3.8) is 0 Å². The Labute approximate surface area is 89.1 Å². The molecule has 0 bridgehead atoms. The van der Waals surface area contributed by atoms with Crippen molar-refractivity contribution < 1.29 is 9.50 Å². The topological polar surface area (TPSA) is 32.3 Å². The molecule has 2 rings (SSSR count). The zero-order chi connectivity index (χ0) is 10.9. The van der Waals surface area contributed by atoms with Gasteiger partial charge < -0.3 is 10.4 Å². The maximum atomic E-state index is 13.0. The first-order valence-electron chi connectivity index (χ1n) is 5.24. The van der Waals surface area contributed by atoms with Gasteiger partial charge in [0.25, 0.3) is 0 Å². The molecule has 2 atom stereocenters. The van der Waals surface area contributed by atoms with E-state index in [1.807, 2.05) is 13.0 Å². The summed E-state index contributed by atoms with van der Waals surface area (Å²) < 4.78 is 13.0. The zero-order valence-electron chi connectivity index (χ0n) is 8.83. The minimum Gasteiger partial charge on any atom is -0.394 e. The number of halogens is 1. The lowest BCUT2D eigenvalue weighted by Crippen LogP contribution is -2.39. The summed E-state index contributed by atoms with van der Waals surface area (Å²) in [5, 5.41) is 12.5. The van der Waals surface area contributed by atoms with Crippen LogP contribution in [-0.4, -0.2) is 23.8 Å². The largest absolute Gasteiger partial charge is 0.394 e. The molecule has 3 heteroatoms. The summed E-state index contributed by atoms with van der Waals surface area (Å²) in [7, 11) is 0. The van der Waals surface area contributed by atoms with Crippen molar-refractivity contribution in [2.75, 3.05) is 13.2 Å². The Morgan fingerprint density at radius 2 is 2.40 bits per heavy atom. The Kier molecular flexibility index (Phi) is 2.76. The average molecular weight is 209 g/mol. The Hall–Kier alpha value is -0.930. The third kappa shape index (κ3) is 2.19. The van der Waals surface area contributed by atoms with Crippen LogP contribution in [0, 0.1) is 5.82 Å². The van der Waals surface area contributed by atoms with Crippen molar-refractivity contribution in [2.45, 2.75) is 24.8 Å². The van der Waals surface area contributed by atoms with Gasteiger partial charge in [-0.15, -0.1) is 0 Å². The van der Waals surface area contributed by atoms with E-state index < -0.39 is 0 Å². The maximum absolute atomic E-state index is 13.0. The van der Waals surface area contributed by atoms with E-state index in [0.29, 0.717) is 5.92 Å². The van der Waals surface area contributed by atoms with Gasteiger partial charge in [0, 0.05) is 12.1 Å². The van der Waals surface area contributed by atoms with Gasteiger partial charge in [0.05, 0.1) is 6.61 Å². The first-order valence-corrected chi connectivity index (χ1v) is 5.24. The van der Waals surface area contributed by atoms with Gasteiger partial charge in [-0.25, -0.2) is 4.39 Å². The van der Waals surface area contributed by atoms with Crippen LogP contribution in [0.2, 0.25) is 0 Å². The van der Waals surface area contributed by atoms with Crippen molar-refractivity contribution >= 4 is 0 Å². The lowest BCUT2D eigenvalue weighted by atomic mass is 9.91. The van der Waals surface area contributed by atoms with Crippen molar-refractivity contribution in [1.29, 1.82) is 0 Å². The normalized spacial score (nSPS) is 30.7. The van der Waals surface area contributed by atoms with Gasteiger partial charge >= 0.3 is 0 Å². The van der Waals surface area contributed by atoms with Crippen molar-refractivity contribution in [3.05, 3.63) is 35.6 Å². The molecule has 1 aromatic carbocycles. The van der Waals surface area contributed by atoms with Gasteiger partial charge in [-0.2, -0.15) is 0 Å². The van der Waals surface area contributed by atoms with Crippen LogP contribution in [0.25, 0.3) is 0 Å². The number of hydrogen-bond donors (Lipinski definition) is 2. The Balaban J connectivity index is 2.14. The van der Waals surface area contributed by atoms with Crippen LogP contribution in [0.5, 0.6) is 0 Å². The van der Waals surface area contributed by atoms with E-state index in [-0.39, 0.29) is 18.0 Å². The number of aliphatic hydroxyl groups is 1. The Morgan fingerprint density at radius 3 is 3.00 bits per heavy atom. The van der Waals surface area contributed by atoms with E-state index in [1.54, 1.807) is 12.1 Å². The number of benzene rings is 1.